The first kappa shape index (κ1) is 18.0. The van der Waals surface area contributed by atoms with E-state index in [9.17, 15) is 19.5 Å². The first-order valence-corrected chi connectivity index (χ1v) is 8.49. The summed E-state index contributed by atoms with van der Waals surface area (Å²) in [7, 11) is 0. The molecule has 0 radical (unpaired) electrons. The molecule has 0 bridgehead atoms. The first-order chi connectivity index (χ1) is 11.8. The second-order valence-electron chi connectivity index (χ2n) is 6.11. The van der Waals surface area contributed by atoms with E-state index >= 15 is 0 Å². The van der Waals surface area contributed by atoms with Gasteiger partial charge < -0.3 is 20.1 Å². The Kier molecular flexibility index (Phi) is 4.90. The van der Waals surface area contributed by atoms with Gasteiger partial charge >= 0.3 is 5.97 Å². The minimum Gasteiger partial charge on any atom is -0.479 e. The van der Waals surface area contributed by atoms with Crippen molar-refractivity contribution in [1.29, 1.82) is 0 Å². The number of benzene rings is 1. The quantitative estimate of drug-likeness (QED) is 0.767. The number of ether oxygens (including phenoxy) is 1. The molecule has 0 aliphatic carbocycles. The molecule has 2 atom stereocenters. The van der Waals surface area contributed by atoms with Gasteiger partial charge in [-0.15, -0.1) is 0 Å². The molecule has 25 heavy (non-hydrogen) atoms. The number of carbonyl (C=O) groups is 3. The SMILES string of the molecule is O=C(NC1(C(=O)O)CCOC1)C1CCN(c2cc(Cl)ccc2Cl)C1=O. The van der Waals surface area contributed by atoms with Crippen LogP contribution >= 0.6 is 23.2 Å². The summed E-state index contributed by atoms with van der Waals surface area (Å²) in [6.45, 7) is 0.432. The van der Waals surface area contributed by atoms with Crippen molar-refractivity contribution in [3.63, 3.8) is 0 Å². The number of halogens is 2. The highest BCUT2D eigenvalue weighted by atomic mass is 35.5. The van der Waals surface area contributed by atoms with Crippen LogP contribution in [0.1, 0.15) is 12.8 Å². The molecule has 9 heteroatoms. The first-order valence-electron chi connectivity index (χ1n) is 7.74. The lowest BCUT2D eigenvalue weighted by Gasteiger charge is -2.25. The fraction of sp³-hybridized carbons (Fsp3) is 0.438. The number of nitrogens with one attached hydrogen (secondary N) is 1. The number of rotatable bonds is 4. The van der Waals surface area contributed by atoms with Crippen LogP contribution in [0.15, 0.2) is 18.2 Å². The summed E-state index contributed by atoms with van der Waals surface area (Å²) >= 11 is 12.1. The van der Waals surface area contributed by atoms with Gasteiger partial charge in [-0.3, -0.25) is 9.59 Å². The van der Waals surface area contributed by atoms with Crippen LogP contribution in [-0.2, 0) is 19.1 Å². The van der Waals surface area contributed by atoms with E-state index in [0.29, 0.717) is 22.3 Å². The predicted molar refractivity (Wildman–Crippen MR) is 90.9 cm³/mol. The number of carboxylic acid groups (broad SMARTS) is 1. The molecule has 2 aliphatic heterocycles. The summed E-state index contributed by atoms with van der Waals surface area (Å²) in [6.07, 6.45) is 0.433. The minimum atomic E-state index is -1.47. The van der Waals surface area contributed by atoms with Gasteiger partial charge in [0.2, 0.25) is 11.8 Å². The van der Waals surface area contributed by atoms with Crippen LogP contribution in [0.5, 0.6) is 0 Å². The average Bonchev–Trinajstić information content (AvgIpc) is 3.17. The molecule has 2 amide bonds. The largest absolute Gasteiger partial charge is 0.479 e. The zero-order valence-electron chi connectivity index (χ0n) is 13.1. The molecule has 2 saturated heterocycles. The van der Waals surface area contributed by atoms with Crippen LogP contribution in [-0.4, -0.2) is 48.2 Å². The van der Waals surface area contributed by atoms with Crippen molar-refractivity contribution in [2.24, 2.45) is 5.92 Å². The molecule has 2 aliphatic rings. The van der Waals surface area contributed by atoms with Gasteiger partial charge in [0.15, 0.2) is 5.54 Å². The second kappa shape index (κ2) is 6.82. The number of nitrogens with zero attached hydrogens (tertiary/aromatic N) is 1. The van der Waals surface area contributed by atoms with Crippen LogP contribution in [0.4, 0.5) is 5.69 Å². The van der Waals surface area contributed by atoms with E-state index in [4.69, 9.17) is 27.9 Å². The van der Waals surface area contributed by atoms with Crippen LogP contribution in [0, 0.1) is 5.92 Å². The van der Waals surface area contributed by atoms with Gasteiger partial charge in [-0.05, 0) is 24.6 Å². The van der Waals surface area contributed by atoms with Gasteiger partial charge in [0.05, 0.1) is 17.3 Å². The number of carboxylic acids is 1. The Labute approximate surface area is 153 Å². The molecule has 0 aromatic heterocycles. The summed E-state index contributed by atoms with van der Waals surface area (Å²) in [5.41, 5.74) is -1.04. The van der Waals surface area contributed by atoms with Gasteiger partial charge in [-0.1, -0.05) is 23.2 Å². The van der Waals surface area contributed by atoms with E-state index < -0.39 is 29.2 Å². The van der Waals surface area contributed by atoms with Crippen LogP contribution in [0.25, 0.3) is 0 Å². The van der Waals surface area contributed by atoms with E-state index in [1.807, 2.05) is 0 Å². The van der Waals surface area contributed by atoms with Crippen molar-refractivity contribution in [3.05, 3.63) is 28.2 Å². The number of hydrogen-bond donors (Lipinski definition) is 2. The van der Waals surface area contributed by atoms with Gasteiger partial charge in [0.1, 0.15) is 5.92 Å². The Bertz CT molecular complexity index is 733. The summed E-state index contributed by atoms with van der Waals surface area (Å²) in [5, 5.41) is 12.7. The van der Waals surface area contributed by atoms with Gasteiger partial charge in [0, 0.05) is 24.6 Å². The van der Waals surface area contributed by atoms with Gasteiger partial charge in [-0.25, -0.2) is 4.79 Å². The third kappa shape index (κ3) is 3.31. The molecule has 7 nitrogen and oxygen atoms in total. The number of anilines is 1. The smallest absolute Gasteiger partial charge is 0.331 e. The van der Waals surface area contributed by atoms with Crippen molar-refractivity contribution in [2.75, 3.05) is 24.7 Å². The van der Waals surface area contributed by atoms with Gasteiger partial charge in [-0.2, -0.15) is 0 Å². The molecular formula is C16H16Cl2N2O5. The third-order valence-corrected chi connectivity index (χ3v) is 5.07. The lowest BCUT2D eigenvalue weighted by Crippen LogP contribution is -2.57. The molecule has 134 valence electrons. The van der Waals surface area contributed by atoms with E-state index in [1.165, 1.54) is 4.90 Å². The molecular weight excluding hydrogens is 371 g/mol. The highest BCUT2D eigenvalue weighted by Crippen LogP contribution is 2.34. The zero-order chi connectivity index (χ0) is 18.2. The maximum Gasteiger partial charge on any atom is 0.331 e. The topological polar surface area (TPSA) is 95.9 Å². The van der Waals surface area contributed by atoms with E-state index in [2.05, 4.69) is 5.32 Å². The molecule has 2 N–H and O–H groups in total. The molecule has 1 aromatic rings. The lowest BCUT2D eigenvalue weighted by atomic mass is 9.97. The minimum absolute atomic E-state index is 0.112. The van der Waals surface area contributed by atoms with Crippen LogP contribution in [0.3, 0.4) is 0 Å². The fourth-order valence-corrected chi connectivity index (χ4v) is 3.45. The Hall–Kier alpha value is -1.83. The zero-order valence-corrected chi connectivity index (χ0v) is 14.6. The number of hydrogen-bond acceptors (Lipinski definition) is 4. The molecule has 2 unspecified atom stereocenters. The monoisotopic (exact) mass is 386 g/mol. The maximum absolute atomic E-state index is 12.6. The van der Waals surface area contributed by atoms with Crippen molar-refractivity contribution in [2.45, 2.75) is 18.4 Å². The lowest BCUT2D eigenvalue weighted by molar-refractivity contribution is -0.149. The summed E-state index contributed by atoms with van der Waals surface area (Å²) in [6, 6.07) is 4.75. The molecule has 3 rings (SSSR count). The number of amides is 2. The van der Waals surface area contributed by atoms with Crippen molar-refractivity contribution >= 4 is 46.7 Å². The van der Waals surface area contributed by atoms with Crippen LogP contribution < -0.4 is 10.2 Å². The Balaban J connectivity index is 1.76. The Morgan fingerprint density at radius 2 is 2.12 bits per heavy atom. The summed E-state index contributed by atoms with van der Waals surface area (Å²) in [4.78, 5) is 38.1. The molecule has 2 fully saturated rings. The summed E-state index contributed by atoms with van der Waals surface area (Å²) in [5.74, 6) is -3.18. The van der Waals surface area contributed by atoms with Crippen molar-refractivity contribution < 1.29 is 24.2 Å². The maximum atomic E-state index is 12.6. The molecule has 0 spiro atoms. The highest BCUT2D eigenvalue weighted by Gasteiger charge is 2.47. The van der Waals surface area contributed by atoms with Gasteiger partial charge in [0.25, 0.3) is 0 Å². The second-order valence-corrected chi connectivity index (χ2v) is 6.95. The van der Waals surface area contributed by atoms with Crippen molar-refractivity contribution in [3.8, 4) is 0 Å². The van der Waals surface area contributed by atoms with E-state index in [1.54, 1.807) is 18.2 Å². The standard InChI is InChI=1S/C16H16Cl2N2O5/c17-9-1-2-11(18)12(7-9)20-5-3-10(14(20)22)13(21)19-16(15(23)24)4-6-25-8-16/h1-2,7,10H,3-6,8H2,(H,19,21)(H,23,24). The normalized spacial score (nSPS) is 26.1. The Morgan fingerprint density at radius 3 is 2.76 bits per heavy atom. The van der Waals surface area contributed by atoms with Crippen LogP contribution in [0.2, 0.25) is 10.0 Å². The number of aliphatic carboxylic acids is 1. The Morgan fingerprint density at radius 1 is 1.36 bits per heavy atom. The molecule has 1 aromatic carbocycles. The van der Waals surface area contributed by atoms with E-state index in [0.717, 1.165) is 0 Å². The molecule has 0 saturated carbocycles. The average molecular weight is 387 g/mol. The predicted octanol–water partition coefficient (Wildman–Crippen LogP) is 1.71. The number of carbonyl (C=O) groups excluding carboxylic acids is 2. The summed E-state index contributed by atoms with van der Waals surface area (Å²) < 4.78 is 5.11. The van der Waals surface area contributed by atoms with E-state index in [-0.39, 0.29) is 26.1 Å². The fourth-order valence-electron chi connectivity index (χ4n) is 3.06. The van der Waals surface area contributed by atoms with Crippen molar-refractivity contribution in [1.82, 2.24) is 5.32 Å². The molecule has 2 heterocycles. The highest BCUT2D eigenvalue weighted by molar-refractivity contribution is 6.36. The third-order valence-electron chi connectivity index (χ3n) is 4.51.